The van der Waals surface area contributed by atoms with Gasteiger partial charge in [0, 0.05) is 22.9 Å². The molecule has 1 N–H and O–H groups in total. The maximum atomic E-state index is 12.6. The highest BCUT2D eigenvalue weighted by molar-refractivity contribution is 6.04. The van der Waals surface area contributed by atoms with Crippen molar-refractivity contribution >= 4 is 11.6 Å². The number of hydrogen-bond donors (Lipinski definition) is 1. The van der Waals surface area contributed by atoms with Gasteiger partial charge in [-0.3, -0.25) is 4.79 Å². The van der Waals surface area contributed by atoms with E-state index in [9.17, 15) is 4.79 Å². The summed E-state index contributed by atoms with van der Waals surface area (Å²) < 4.78 is 16.4. The Bertz CT molecular complexity index is 973. The van der Waals surface area contributed by atoms with Crippen LogP contribution in [0.15, 0.2) is 54.6 Å². The molecule has 3 rings (SSSR count). The highest BCUT2D eigenvalue weighted by atomic mass is 16.5. The molecule has 7 heteroatoms. The van der Waals surface area contributed by atoms with Crippen molar-refractivity contribution in [2.75, 3.05) is 25.1 Å². The summed E-state index contributed by atoms with van der Waals surface area (Å²) in [7, 11) is 0. The Morgan fingerprint density at radius 3 is 2.13 bits per heavy atom. The van der Waals surface area contributed by atoms with E-state index < -0.39 is 0 Å². The number of ether oxygens (including phenoxy) is 3. The van der Waals surface area contributed by atoms with Gasteiger partial charge in [-0.25, -0.2) is 0 Å². The van der Waals surface area contributed by atoms with Gasteiger partial charge in [0.2, 0.25) is 5.88 Å². The minimum absolute atomic E-state index is 0.229. The molecule has 2 aromatic carbocycles. The summed E-state index contributed by atoms with van der Waals surface area (Å²) in [6, 6.07) is 16.2. The summed E-state index contributed by atoms with van der Waals surface area (Å²) in [5.41, 5.74) is 2.78. The Morgan fingerprint density at radius 1 is 0.800 bits per heavy atom. The molecular formula is C23H25N3O4. The molecule has 1 heterocycles. The van der Waals surface area contributed by atoms with E-state index in [0.717, 1.165) is 11.3 Å². The van der Waals surface area contributed by atoms with Crippen LogP contribution in [0.25, 0.3) is 11.3 Å². The first-order valence-electron chi connectivity index (χ1n) is 9.92. The smallest absolute Gasteiger partial charge is 0.255 e. The quantitative estimate of drug-likeness (QED) is 0.559. The van der Waals surface area contributed by atoms with Crippen molar-refractivity contribution in [3.8, 4) is 28.6 Å². The SMILES string of the molecule is CCOc1ccc(-c2ccc(NC(=O)c3ccc(OCC)c(OCC)c3)cc2)nn1. The molecule has 1 aromatic heterocycles. The van der Waals surface area contributed by atoms with E-state index in [4.69, 9.17) is 14.2 Å². The van der Waals surface area contributed by atoms with E-state index in [1.807, 2.05) is 51.1 Å². The fourth-order valence-corrected chi connectivity index (χ4v) is 2.82. The lowest BCUT2D eigenvalue weighted by atomic mass is 10.1. The first-order valence-corrected chi connectivity index (χ1v) is 9.92. The number of nitrogens with zero attached hydrogens (tertiary/aromatic N) is 2. The molecule has 0 unspecified atom stereocenters. The topological polar surface area (TPSA) is 82.6 Å². The molecule has 0 aliphatic rings. The highest BCUT2D eigenvalue weighted by Gasteiger charge is 2.12. The standard InChI is InChI=1S/C23H25N3O4/c1-4-28-20-13-9-17(15-21(20)29-5-2)23(27)24-18-10-7-16(8-11-18)19-12-14-22(26-25-19)30-6-3/h7-15H,4-6H2,1-3H3,(H,24,27). The molecule has 0 saturated heterocycles. The Balaban J connectivity index is 1.70. The molecule has 0 spiro atoms. The van der Waals surface area contributed by atoms with Gasteiger partial charge < -0.3 is 19.5 Å². The van der Waals surface area contributed by atoms with Crippen molar-refractivity contribution in [2.45, 2.75) is 20.8 Å². The minimum Gasteiger partial charge on any atom is -0.490 e. The number of carbonyl (C=O) groups excluding carboxylic acids is 1. The molecule has 0 radical (unpaired) electrons. The van der Waals surface area contributed by atoms with E-state index in [1.165, 1.54) is 0 Å². The lowest BCUT2D eigenvalue weighted by molar-refractivity contribution is 0.102. The molecule has 0 saturated carbocycles. The number of benzene rings is 2. The number of hydrogen-bond acceptors (Lipinski definition) is 6. The van der Waals surface area contributed by atoms with Crippen LogP contribution in [0.1, 0.15) is 31.1 Å². The van der Waals surface area contributed by atoms with Gasteiger partial charge in [0.15, 0.2) is 11.5 Å². The fraction of sp³-hybridized carbons (Fsp3) is 0.261. The summed E-state index contributed by atoms with van der Waals surface area (Å²) in [6.45, 7) is 7.24. The zero-order valence-electron chi connectivity index (χ0n) is 17.3. The second kappa shape index (κ2) is 10.2. The summed E-state index contributed by atoms with van der Waals surface area (Å²) in [6.07, 6.45) is 0. The average molecular weight is 407 g/mol. The molecule has 30 heavy (non-hydrogen) atoms. The Hall–Kier alpha value is -3.61. The Kier molecular flexibility index (Phi) is 7.21. The van der Waals surface area contributed by atoms with Crippen molar-refractivity contribution in [1.82, 2.24) is 10.2 Å². The first kappa shape index (κ1) is 21.1. The van der Waals surface area contributed by atoms with E-state index in [2.05, 4.69) is 15.5 Å². The third-order valence-corrected chi connectivity index (χ3v) is 4.18. The van der Waals surface area contributed by atoms with Crippen LogP contribution in [-0.2, 0) is 0 Å². The zero-order chi connectivity index (χ0) is 21.3. The molecule has 1 amide bonds. The predicted molar refractivity (Wildman–Crippen MR) is 115 cm³/mol. The van der Waals surface area contributed by atoms with Crippen LogP contribution >= 0.6 is 0 Å². The second-order valence-electron chi connectivity index (χ2n) is 6.25. The monoisotopic (exact) mass is 407 g/mol. The number of amides is 1. The normalized spacial score (nSPS) is 10.4. The Labute approximate surface area is 176 Å². The number of anilines is 1. The average Bonchev–Trinajstić information content (AvgIpc) is 2.76. The van der Waals surface area contributed by atoms with Gasteiger partial charge >= 0.3 is 0 Å². The van der Waals surface area contributed by atoms with Crippen LogP contribution < -0.4 is 19.5 Å². The maximum Gasteiger partial charge on any atom is 0.255 e. The molecular weight excluding hydrogens is 382 g/mol. The van der Waals surface area contributed by atoms with Crippen molar-refractivity contribution in [3.05, 3.63) is 60.2 Å². The van der Waals surface area contributed by atoms with Crippen molar-refractivity contribution < 1.29 is 19.0 Å². The summed E-state index contributed by atoms with van der Waals surface area (Å²) in [4.78, 5) is 12.6. The third-order valence-electron chi connectivity index (χ3n) is 4.18. The van der Waals surface area contributed by atoms with E-state index in [-0.39, 0.29) is 5.91 Å². The van der Waals surface area contributed by atoms with Crippen LogP contribution in [-0.4, -0.2) is 35.9 Å². The molecule has 0 bridgehead atoms. The number of aromatic nitrogens is 2. The zero-order valence-corrected chi connectivity index (χ0v) is 17.3. The van der Waals surface area contributed by atoms with Gasteiger partial charge in [0.25, 0.3) is 5.91 Å². The van der Waals surface area contributed by atoms with Crippen LogP contribution in [0.4, 0.5) is 5.69 Å². The van der Waals surface area contributed by atoms with Gasteiger partial charge in [-0.05, 0) is 57.2 Å². The molecule has 0 fully saturated rings. The first-order chi connectivity index (χ1) is 14.6. The van der Waals surface area contributed by atoms with Crippen molar-refractivity contribution in [2.24, 2.45) is 0 Å². The summed E-state index contributed by atoms with van der Waals surface area (Å²) in [5.74, 6) is 1.44. The van der Waals surface area contributed by atoms with Crippen molar-refractivity contribution in [3.63, 3.8) is 0 Å². The van der Waals surface area contributed by atoms with Crippen LogP contribution in [0.5, 0.6) is 17.4 Å². The van der Waals surface area contributed by atoms with E-state index in [1.54, 1.807) is 24.3 Å². The molecule has 3 aromatic rings. The van der Waals surface area contributed by atoms with Crippen molar-refractivity contribution in [1.29, 1.82) is 0 Å². The third kappa shape index (κ3) is 5.26. The Morgan fingerprint density at radius 2 is 1.50 bits per heavy atom. The minimum atomic E-state index is -0.229. The molecule has 0 atom stereocenters. The number of carbonyl (C=O) groups is 1. The molecule has 0 aliphatic carbocycles. The largest absolute Gasteiger partial charge is 0.490 e. The van der Waals surface area contributed by atoms with Gasteiger partial charge in [0.05, 0.1) is 25.5 Å². The van der Waals surface area contributed by atoms with Gasteiger partial charge in [-0.2, -0.15) is 0 Å². The maximum absolute atomic E-state index is 12.6. The molecule has 7 nitrogen and oxygen atoms in total. The molecule has 0 aliphatic heterocycles. The molecule has 156 valence electrons. The summed E-state index contributed by atoms with van der Waals surface area (Å²) in [5, 5.41) is 11.1. The van der Waals surface area contributed by atoms with Crippen LogP contribution in [0.2, 0.25) is 0 Å². The summed E-state index contributed by atoms with van der Waals surface area (Å²) >= 11 is 0. The number of rotatable bonds is 9. The van der Waals surface area contributed by atoms with Crippen LogP contribution in [0.3, 0.4) is 0 Å². The highest BCUT2D eigenvalue weighted by Crippen LogP contribution is 2.29. The van der Waals surface area contributed by atoms with E-state index >= 15 is 0 Å². The lowest BCUT2D eigenvalue weighted by Gasteiger charge is -2.12. The van der Waals surface area contributed by atoms with Crippen LogP contribution in [0, 0.1) is 0 Å². The second-order valence-corrected chi connectivity index (χ2v) is 6.25. The lowest BCUT2D eigenvalue weighted by Crippen LogP contribution is -2.12. The van der Waals surface area contributed by atoms with Gasteiger partial charge in [-0.1, -0.05) is 12.1 Å². The van der Waals surface area contributed by atoms with Gasteiger partial charge in [0.1, 0.15) is 0 Å². The number of nitrogens with one attached hydrogen (secondary N) is 1. The fourth-order valence-electron chi connectivity index (χ4n) is 2.82. The van der Waals surface area contributed by atoms with Gasteiger partial charge in [-0.15, -0.1) is 10.2 Å². The predicted octanol–water partition coefficient (Wildman–Crippen LogP) is 4.59. The van der Waals surface area contributed by atoms with E-state index in [0.29, 0.717) is 48.5 Å².